The molecule has 0 saturated carbocycles. The molecule has 2 heterocycles. The molecule has 0 aliphatic carbocycles. The summed E-state index contributed by atoms with van der Waals surface area (Å²) in [5.74, 6) is 0.529. The molecule has 0 N–H and O–H groups in total. The predicted molar refractivity (Wildman–Crippen MR) is 82.4 cm³/mol. The number of benzene rings is 1. The highest BCUT2D eigenvalue weighted by Gasteiger charge is 2.29. The minimum absolute atomic E-state index is 0.529. The van der Waals surface area contributed by atoms with Gasteiger partial charge in [0, 0.05) is 31.6 Å². The molecular weight excluding hydrogens is 279 g/mol. The van der Waals surface area contributed by atoms with Crippen LogP contribution < -0.4 is 4.90 Å². The van der Waals surface area contributed by atoms with E-state index in [9.17, 15) is 0 Å². The second-order valence-corrected chi connectivity index (χ2v) is 6.19. The number of halogens is 2. The van der Waals surface area contributed by atoms with Crippen LogP contribution in [0, 0.1) is 0 Å². The molecule has 4 heteroatoms. The van der Waals surface area contributed by atoms with Gasteiger partial charge < -0.3 is 4.90 Å². The van der Waals surface area contributed by atoms with Crippen molar-refractivity contribution in [1.29, 1.82) is 0 Å². The average molecular weight is 299 g/mol. The Kier molecular flexibility index (Phi) is 4.21. The Morgan fingerprint density at radius 3 is 2.84 bits per heavy atom. The van der Waals surface area contributed by atoms with Crippen LogP contribution in [0.5, 0.6) is 0 Å². The number of nitrogens with zero attached hydrogens (tertiary/aromatic N) is 2. The van der Waals surface area contributed by atoms with E-state index in [4.69, 9.17) is 23.2 Å². The summed E-state index contributed by atoms with van der Waals surface area (Å²) in [6.07, 6.45) is 3.87. The Morgan fingerprint density at radius 1 is 1.16 bits per heavy atom. The van der Waals surface area contributed by atoms with Gasteiger partial charge in [-0.1, -0.05) is 23.7 Å². The van der Waals surface area contributed by atoms with Gasteiger partial charge in [-0.2, -0.15) is 0 Å². The number of fused-ring (bicyclic) bond motifs is 1. The van der Waals surface area contributed by atoms with Gasteiger partial charge >= 0.3 is 0 Å². The summed E-state index contributed by atoms with van der Waals surface area (Å²) in [5, 5.41) is 0.838. The smallest absolute Gasteiger partial charge is 0.0642 e. The minimum Gasteiger partial charge on any atom is -0.368 e. The summed E-state index contributed by atoms with van der Waals surface area (Å²) in [6, 6.07) is 6.75. The van der Waals surface area contributed by atoms with Crippen LogP contribution in [-0.4, -0.2) is 37.1 Å². The van der Waals surface area contributed by atoms with Gasteiger partial charge in [0.05, 0.1) is 10.7 Å². The number of para-hydroxylation sites is 1. The van der Waals surface area contributed by atoms with E-state index in [0.29, 0.717) is 11.9 Å². The van der Waals surface area contributed by atoms with Gasteiger partial charge in [-0.3, -0.25) is 4.90 Å². The standard InChI is InChI=1S/C15H20Cl2N2/c16-10-12-4-1-6-14(17)15(12)19-9-3-8-18-7-2-5-13(18)11-19/h1,4,6,13H,2-3,5,7-11H2. The SMILES string of the molecule is ClCc1cccc(Cl)c1N1CCCN2CCCC2C1. The van der Waals surface area contributed by atoms with Gasteiger partial charge in [-0.25, -0.2) is 0 Å². The highest BCUT2D eigenvalue weighted by atomic mass is 35.5. The fourth-order valence-corrected chi connectivity index (χ4v) is 3.96. The lowest BCUT2D eigenvalue weighted by Gasteiger charge is -2.29. The van der Waals surface area contributed by atoms with Crippen LogP contribution >= 0.6 is 23.2 Å². The summed E-state index contributed by atoms with van der Waals surface area (Å²) >= 11 is 12.5. The lowest BCUT2D eigenvalue weighted by Crippen LogP contribution is -2.37. The quantitative estimate of drug-likeness (QED) is 0.767. The van der Waals surface area contributed by atoms with E-state index in [2.05, 4.69) is 15.9 Å². The van der Waals surface area contributed by atoms with Crippen molar-refractivity contribution in [1.82, 2.24) is 4.90 Å². The number of alkyl halides is 1. The van der Waals surface area contributed by atoms with Gasteiger partial charge in [0.25, 0.3) is 0 Å². The van der Waals surface area contributed by atoms with Gasteiger partial charge in [-0.15, -0.1) is 11.6 Å². The van der Waals surface area contributed by atoms with Crippen molar-refractivity contribution >= 4 is 28.9 Å². The maximum Gasteiger partial charge on any atom is 0.0642 e. The molecule has 3 rings (SSSR count). The normalized spacial score (nSPS) is 24.3. The van der Waals surface area contributed by atoms with E-state index in [1.54, 1.807) is 0 Å². The third-order valence-corrected chi connectivity index (χ3v) is 4.93. The molecule has 104 valence electrons. The first kappa shape index (κ1) is 13.5. The summed E-state index contributed by atoms with van der Waals surface area (Å²) in [5.41, 5.74) is 2.31. The number of hydrogen-bond donors (Lipinski definition) is 0. The largest absolute Gasteiger partial charge is 0.368 e. The molecular formula is C15H20Cl2N2. The summed E-state index contributed by atoms with van der Waals surface area (Å²) < 4.78 is 0. The van der Waals surface area contributed by atoms with Crippen LogP contribution in [0.4, 0.5) is 5.69 Å². The molecule has 1 aromatic rings. The van der Waals surface area contributed by atoms with Crippen LogP contribution in [0.15, 0.2) is 18.2 Å². The molecule has 0 aromatic heterocycles. The molecule has 1 atom stereocenters. The molecule has 0 radical (unpaired) electrons. The van der Waals surface area contributed by atoms with E-state index >= 15 is 0 Å². The Labute approximate surface area is 125 Å². The first-order valence-corrected chi connectivity index (χ1v) is 8.03. The van der Waals surface area contributed by atoms with Gasteiger partial charge in [0.1, 0.15) is 0 Å². The zero-order valence-electron chi connectivity index (χ0n) is 11.1. The van der Waals surface area contributed by atoms with Crippen molar-refractivity contribution in [3.63, 3.8) is 0 Å². The fourth-order valence-electron chi connectivity index (χ4n) is 3.43. The van der Waals surface area contributed by atoms with Crippen LogP contribution in [0.1, 0.15) is 24.8 Å². The zero-order chi connectivity index (χ0) is 13.2. The molecule has 2 fully saturated rings. The Balaban J connectivity index is 1.88. The molecule has 2 aliphatic rings. The van der Waals surface area contributed by atoms with Crippen molar-refractivity contribution in [2.24, 2.45) is 0 Å². The highest BCUT2D eigenvalue weighted by molar-refractivity contribution is 6.33. The summed E-state index contributed by atoms with van der Waals surface area (Å²) in [7, 11) is 0. The summed E-state index contributed by atoms with van der Waals surface area (Å²) in [6.45, 7) is 4.67. The van der Waals surface area contributed by atoms with E-state index in [1.165, 1.54) is 32.4 Å². The number of anilines is 1. The van der Waals surface area contributed by atoms with Crippen molar-refractivity contribution in [3.05, 3.63) is 28.8 Å². The average Bonchev–Trinajstić information content (AvgIpc) is 2.76. The van der Waals surface area contributed by atoms with E-state index < -0.39 is 0 Å². The first-order chi connectivity index (χ1) is 9.29. The van der Waals surface area contributed by atoms with Gasteiger partial charge in [0.2, 0.25) is 0 Å². The van der Waals surface area contributed by atoms with E-state index in [0.717, 1.165) is 29.4 Å². The second-order valence-electron chi connectivity index (χ2n) is 5.51. The van der Waals surface area contributed by atoms with Gasteiger partial charge in [0.15, 0.2) is 0 Å². The van der Waals surface area contributed by atoms with E-state index in [-0.39, 0.29) is 0 Å². The van der Waals surface area contributed by atoms with Crippen molar-refractivity contribution in [2.45, 2.75) is 31.2 Å². The van der Waals surface area contributed by atoms with Crippen molar-refractivity contribution in [3.8, 4) is 0 Å². The Hall–Kier alpha value is -0.440. The molecule has 0 bridgehead atoms. The maximum absolute atomic E-state index is 6.42. The topological polar surface area (TPSA) is 6.48 Å². The zero-order valence-corrected chi connectivity index (χ0v) is 12.6. The predicted octanol–water partition coefficient (Wildman–Crippen LogP) is 3.75. The molecule has 1 unspecified atom stereocenters. The lowest BCUT2D eigenvalue weighted by atomic mass is 10.1. The Bertz CT molecular complexity index is 450. The molecule has 2 saturated heterocycles. The number of hydrogen-bond acceptors (Lipinski definition) is 2. The molecule has 0 amide bonds. The van der Waals surface area contributed by atoms with Crippen molar-refractivity contribution < 1.29 is 0 Å². The monoisotopic (exact) mass is 298 g/mol. The highest BCUT2D eigenvalue weighted by Crippen LogP contribution is 2.33. The maximum atomic E-state index is 6.42. The molecule has 19 heavy (non-hydrogen) atoms. The van der Waals surface area contributed by atoms with Crippen LogP contribution in [-0.2, 0) is 5.88 Å². The van der Waals surface area contributed by atoms with E-state index in [1.807, 2.05) is 12.1 Å². The molecule has 2 nitrogen and oxygen atoms in total. The molecule has 2 aliphatic heterocycles. The third-order valence-electron chi connectivity index (χ3n) is 4.33. The number of rotatable bonds is 2. The van der Waals surface area contributed by atoms with Crippen LogP contribution in [0.3, 0.4) is 0 Å². The van der Waals surface area contributed by atoms with Crippen molar-refractivity contribution in [2.75, 3.05) is 31.1 Å². The van der Waals surface area contributed by atoms with Gasteiger partial charge in [-0.05, 0) is 37.4 Å². The summed E-state index contributed by atoms with van der Waals surface area (Å²) in [4.78, 5) is 5.09. The van der Waals surface area contributed by atoms with Crippen LogP contribution in [0.25, 0.3) is 0 Å². The fraction of sp³-hybridized carbons (Fsp3) is 0.600. The van der Waals surface area contributed by atoms with Crippen LogP contribution in [0.2, 0.25) is 5.02 Å². The second kappa shape index (κ2) is 5.90. The Morgan fingerprint density at radius 2 is 2.00 bits per heavy atom. The third kappa shape index (κ3) is 2.72. The molecule has 0 spiro atoms. The first-order valence-electron chi connectivity index (χ1n) is 7.12. The molecule has 1 aromatic carbocycles. The lowest BCUT2D eigenvalue weighted by molar-refractivity contribution is 0.273. The minimum atomic E-state index is 0.529.